The maximum Gasteiger partial charge on any atom is 0.264 e. The van der Waals surface area contributed by atoms with Gasteiger partial charge in [-0.05, 0) is 66.6 Å². The van der Waals surface area contributed by atoms with Gasteiger partial charge >= 0.3 is 0 Å². The van der Waals surface area contributed by atoms with Crippen LogP contribution in [0.25, 0.3) is 0 Å². The van der Waals surface area contributed by atoms with E-state index < -0.39 is 40.2 Å². The summed E-state index contributed by atoms with van der Waals surface area (Å²) in [5.74, 6) is -1.58. The molecule has 4 aromatic rings. The quantitative estimate of drug-likeness (QED) is 0.248. The predicted octanol–water partition coefficient (Wildman–Crippen LogP) is 5.37. The smallest absolute Gasteiger partial charge is 0.264 e. The Morgan fingerprint density at radius 2 is 1.48 bits per heavy atom. The molecule has 0 radical (unpaired) electrons. The van der Waals surface area contributed by atoms with Crippen LogP contribution in [0.15, 0.2) is 108 Å². The van der Waals surface area contributed by atoms with Crippen molar-refractivity contribution in [1.82, 2.24) is 10.2 Å². The highest BCUT2D eigenvalue weighted by molar-refractivity contribution is 7.92. The van der Waals surface area contributed by atoms with Crippen LogP contribution in [-0.4, -0.2) is 44.8 Å². The Hall–Kier alpha value is -4.21. The number of amides is 2. The van der Waals surface area contributed by atoms with Crippen LogP contribution < -0.4 is 9.62 Å². The number of nitrogens with zero attached hydrogens (tertiary/aromatic N) is 2. The first-order chi connectivity index (χ1) is 20.1. The van der Waals surface area contributed by atoms with E-state index in [2.05, 4.69) is 5.32 Å². The number of nitrogens with one attached hydrogen (secondary N) is 1. The Kier molecular flexibility index (Phi) is 9.98. The van der Waals surface area contributed by atoms with Crippen LogP contribution >= 0.6 is 11.6 Å². The number of carbonyl (C=O) groups is 2. The van der Waals surface area contributed by atoms with Crippen molar-refractivity contribution < 1.29 is 22.4 Å². The third-order valence-corrected chi connectivity index (χ3v) is 8.83. The van der Waals surface area contributed by atoms with Gasteiger partial charge in [-0.2, -0.15) is 0 Å². The topological polar surface area (TPSA) is 86.8 Å². The summed E-state index contributed by atoms with van der Waals surface area (Å²) in [4.78, 5) is 28.7. The third kappa shape index (κ3) is 7.54. The predicted molar refractivity (Wildman–Crippen MR) is 162 cm³/mol. The van der Waals surface area contributed by atoms with Crippen LogP contribution in [0.4, 0.5) is 10.1 Å². The van der Waals surface area contributed by atoms with E-state index in [9.17, 15) is 22.4 Å². The number of rotatable bonds is 11. The standard InChI is InChI=1S/C32H31ClFN3O4S/c1-23-8-16-28(17-9-23)37(42(40,41)29-18-14-27(34)15-19-29)22-31(38)36(21-25-10-12-26(33)13-11-25)30(32(39)35-2)20-24-6-4-3-5-7-24/h3-19,30H,20-22H2,1-2H3,(H,35,39)/t30-/m1/s1. The van der Waals surface area contributed by atoms with Crippen LogP contribution in [0.3, 0.4) is 0 Å². The zero-order valence-corrected chi connectivity index (χ0v) is 24.8. The number of halogens is 2. The molecule has 10 heteroatoms. The molecule has 0 saturated carbocycles. The van der Waals surface area contributed by atoms with Gasteiger partial charge in [0, 0.05) is 25.0 Å². The molecular weight excluding hydrogens is 577 g/mol. The number of likely N-dealkylation sites (N-methyl/N-ethyl adjacent to an activating group) is 1. The Balaban J connectivity index is 1.77. The summed E-state index contributed by atoms with van der Waals surface area (Å²) in [6.07, 6.45) is 0.203. The molecule has 2 amide bonds. The molecule has 0 aliphatic heterocycles. The molecule has 7 nitrogen and oxygen atoms in total. The number of hydrogen-bond donors (Lipinski definition) is 1. The maximum atomic E-state index is 14.2. The van der Waals surface area contributed by atoms with E-state index in [1.54, 1.807) is 48.5 Å². The van der Waals surface area contributed by atoms with Gasteiger partial charge in [0.2, 0.25) is 11.8 Å². The summed E-state index contributed by atoms with van der Waals surface area (Å²) in [6, 6.07) is 26.3. The SMILES string of the molecule is CNC(=O)[C@@H](Cc1ccccc1)N(Cc1ccc(Cl)cc1)C(=O)CN(c1ccc(C)cc1)S(=O)(=O)c1ccc(F)cc1. The number of carbonyl (C=O) groups excluding carboxylic acids is 2. The van der Waals surface area contributed by atoms with E-state index in [1.165, 1.54) is 11.9 Å². The molecule has 0 unspecified atom stereocenters. The molecule has 1 atom stereocenters. The average Bonchev–Trinajstić information content (AvgIpc) is 2.99. The van der Waals surface area contributed by atoms with Gasteiger partial charge in [0.15, 0.2) is 0 Å². The average molecular weight is 608 g/mol. The highest BCUT2D eigenvalue weighted by atomic mass is 35.5. The Morgan fingerprint density at radius 3 is 2.07 bits per heavy atom. The lowest BCUT2D eigenvalue weighted by molar-refractivity contribution is -0.139. The van der Waals surface area contributed by atoms with E-state index in [-0.39, 0.29) is 23.5 Å². The van der Waals surface area contributed by atoms with Crippen molar-refractivity contribution >= 4 is 39.1 Å². The summed E-state index contributed by atoms with van der Waals surface area (Å²) < 4.78 is 42.4. The van der Waals surface area contributed by atoms with Crippen molar-refractivity contribution in [3.05, 3.63) is 131 Å². The van der Waals surface area contributed by atoms with Crippen LogP contribution in [0.1, 0.15) is 16.7 Å². The third-order valence-electron chi connectivity index (χ3n) is 6.79. The van der Waals surface area contributed by atoms with Gasteiger partial charge in [-0.3, -0.25) is 13.9 Å². The normalized spacial score (nSPS) is 11.9. The van der Waals surface area contributed by atoms with Crippen LogP contribution in [0.5, 0.6) is 0 Å². The molecule has 4 rings (SSSR count). The molecular formula is C32H31ClFN3O4S. The first-order valence-corrected chi connectivity index (χ1v) is 15.0. The fourth-order valence-corrected chi connectivity index (χ4v) is 6.02. The van der Waals surface area contributed by atoms with E-state index in [0.717, 1.165) is 39.7 Å². The molecule has 0 aromatic heterocycles. The van der Waals surface area contributed by atoms with Crippen LogP contribution in [0.2, 0.25) is 5.02 Å². The van der Waals surface area contributed by atoms with E-state index >= 15 is 0 Å². The first kappa shape index (κ1) is 30.7. The summed E-state index contributed by atoms with van der Waals surface area (Å²) in [5, 5.41) is 3.16. The van der Waals surface area contributed by atoms with E-state index in [1.807, 2.05) is 37.3 Å². The highest BCUT2D eigenvalue weighted by Gasteiger charge is 2.34. The number of aryl methyl sites for hydroxylation is 1. The Labute approximate surface area is 250 Å². The van der Waals surface area contributed by atoms with E-state index in [0.29, 0.717) is 10.6 Å². The second-order valence-electron chi connectivity index (χ2n) is 9.77. The second kappa shape index (κ2) is 13.6. The molecule has 42 heavy (non-hydrogen) atoms. The Morgan fingerprint density at radius 1 is 0.857 bits per heavy atom. The van der Waals surface area contributed by atoms with Crippen molar-refractivity contribution in [1.29, 1.82) is 0 Å². The molecule has 0 bridgehead atoms. The van der Waals surface area contributed by atoms with Crippen molar-refractivity contribution in [2.45, 2.75) is 30.8 Å². The van der Waals surface area contributed by atoms with Gasteiger partial charge in [-0.1, -0.05) is 71.8 Å². The second-order valence-corrected chi connectivity index (χ2v) is 12.1. The summed E-state index contributed by atoms with van der Waals surface area (Å²) >= 11 is 6.08. The van der Waals surface area contributed by atoms with Gasteiger partial charge in [0.05, 0.1) is 10.6 Å². The van der Waals surface area contributed by atoms with Crippen LogP contribution in [-0.2, 0) is 32.6 Å². The van der Waals surface area contributed by atoms with Crippen LogP contribution in [0, 0.1) is 12.7 Å². The van der Waals surface area contributed by atoms with Gasteiger partial charge in [-0.25, -0.2) is 12.8 Å². The lowest BCUT2D eigenvalue weighted by Gasteiger charge is -2.33. The molecule has 0 heterocycles. The van der Waals surface area contributed by atoms with Gasteiger partial charge < -0.3 is 10.2 Å². The van der Waals surface area contributed by atoms with Crippen molar-refractivity contribution in [2.24, 2.45) is 0 Å². The minimum absolute atomic E-state index is 0.0270. The monoisotopic (exact) mass is 607 g/mol. The van der Waals surface area contributed by atoms with Crippen molar-refractivity contribution in [3.63, 3.8) is 0 Å². The maximum absolute atomic E-state index is 14.2. The minimum atomic E-state index is -4.30. The largest absolute Gasteiger partial charge is 0.357 e. The lowest BCUT2D eigenvalue weighted by Crippen LogP contribution is -2.53. The number of hydrogen-bond acceptors (Lipinski definition) is 4. The molecule has 0 aliphatic carbocycles. The van der Waals surface area contributed by atoms with Gasteiger partial charge in [0.25, 0.3) is 10.0 Å². The lowest BCUT2D eigenvalue weighted by atomic mass is 10.0. The fraction of sp³-hybridized carbons (Fsp3) is 0.188. The van der Waals surface area contributed by atoms with Gasteiger partial charge in [-0.15, -0.1) is 0 Å². The van der Waals surface area contributed by atoms with Crippen molar-refractivity contribution in [3.8, 4) is 0 Å². The van der Waals surface area contributed by atoms with Gasteiger partial charge in [0.1, 0.15) is 18.4 Å². The number of benzene rings is 4. The van der Waals surface area contributed by atoms with Crippen molar-refractivity contribution in [2.75, 3.05) is 17.9 Å². The molecule has 218 valence electrons. The molecule has 0 aliphatic rings. The fourth-order valence-electron chi connectivity index (χ4n) is 4.48. The molecule has 0 saturated heterocycles. The number of anilines is 1. The molecule has 0 spiro atoms. The summed E-state index contributed by atoms with van der Waals surface area (Å²) in [5.41, 5.74) is 2.69. The first-order valence-electron chi connectivity index (χ1n) is 13.2. The molecule has 4 aromatic carbocycles. The molecule has 0 fully saturated rings. The highest BCUT2D eigenvalue weighted by Crippen LogP contribution is 2.26. The number of sulfonamides is 1. The summed E-state index contributed by atoms with van der Waals surface area (Å²) in [6.45, 7) is 1.29. The Bertz CT molecular complexity index is 1620. The molecule has 1 N–H and O–H groups in total. The zero-order valence-electron chi connectivity index (χ0n) is 23.2. The summed E-state index contributed by atoms with van der Waals surface area (Å²) in [7, 11) is -2.81. The van der Waals surface area contributed by atoms with E-state index in [4.69, 9.17) is 11.6 Å². The zero-order chi connectivity index (χ0) is 30.3. The minimum Gasteiger partial charge on any atom is -0.357 e.